The molecule has 1 aliphatic carbocycles. The lowest BCUT2D eigenvalue weighted by molar-refractivity contribution is -0.154. The number of amides is 3. The van der Waals surface area contributed by atoms with Crippen molar-refractivity contribution in [2.45, 2.75) is 25.7 Å². The van der Waals surface area contributed by atoms with E-state index < -0.39 is 25.0 Å². The molecule has 29 heavy (non-hydrogen) atoms. The number of nitrogens with zero attached hydrogens (tertiary/aromatic N) is 1. The lowest BCUT2D eigenvalue weighted by Crippen LogP contribution is -2.37. The molecule has 2 aliphatic rings. The first-order valence-electron chi connectivity index (χ1n) is 9.47. The van der Waals surface area contributed by atoms with Crippen LogP contribution in [0.25, 0.3) is 0 Å². The van der Waals surface area contributed by atoms with Crippen molar-refractivity contribution < 1.29 is 33.4 Å². The first-order chi connectivity index (χ1) is 13.9. The summed E-state index contributed by atoms with van der Waals surface area (Å²) in [7, 11) is 2.97. The normalized spacial score (nSPS) is 20.8. The molecule has 156 valence electrons. The predicted octanol–water partition coefficient (Wildman–Crippen LogP) is 1.36. The van der Waals surface area contributed by atoms with Gasteiger partial charge in [-0.3, -0.25) is 24.1 Å². The van der Waals surface area contributed by atoms with Crippen molar-refractivity contribution in [3.63, 3.8) is 0 Å². The van der Waals surface area contributed by atoms with E-state index in [0.29, 0.717) is 30.0 Å². The molecule has 0 radical (unpaired) electrons. The van der Waals surface area contributed by atoms with E-state index in [1.165, 1.54) is 14.2 Å². The number of esters is 1. The molecule has 2 fully saturated rings. The number of hydrogen-bond acceptors (Lipinski definition) is 7. The molecule has 1 aromatic rings. The van der Waals surface area contributed by atoms with Crippen LogP contribution in [-0.4, -0.2) is 56.0 Å². The van der Waals surface area contributed by atoms with Crippen LogP contribution in [0.15, 0.2) is 18.2 Å². The number of fused-ring (bicyclic) bond motifs is 1. The molecule has 3 amide bonds. The van der Waals surface area contributed by atoms with Gasteiger partial charge in [0.1, 0.15) is 6.54 Å². The molecule has 0 unspecified atom stereocenters. The summed E-state index contributed by atoms with van der Waals surface area (Å²) in [6.45, 7) is -0.995. The highest BCUT2D eigenvalue weighted by molar-refractivity contribution is 6.07. The van der Waals surface area contributed by atoms with Crippen molar-refractivity contribution in [1.82, 2.24) is 4.90 Å². The number of ether oxygens (including phenoxy) is 3. The zero-order chi connectivity index (χ0) is 21.0. The summed E-state index contributed by atoms with van der Waals surface area (Å²) in [6.07, 6.45) is 3.17. The minimum Gasteiger partial charge on any atom is -0.493 e. The van der Waals surface area contributed by atoms with Gasteiger partial charge in [0.2, 0.25) is 11.8 Å². The van der Waals surface area contributed by atoms with Crippen LogP contribution in [-0.2, 0) is 23.9 Å². The van der Waals surface area contributed by atoms with Crippen molar-refractivity contribution in [3.05, 3.63) is 18.2 Å². The van der Waals surface area contributed by atoms with Crippen molar-refractivity contribution in [2.24, 2.45) is 11.8 Å². The van der Waals surface area contributed by atoms with Gasteiger partial charge in [-0.25, -0.2) is 0 Å². The number of anilines is 1. The lowest BCUT2D eigenvalue weighted by Gasteiger charge is -2.19. The summed E-state index contributed by atoms with van der Waals surface area (Å²) in [5, 5.41) is 2.58. The van der Waals surface area contributed by atoms with E-state index >= 15 is 0 Å². The number of carbonyl (C=O) groups is 4. The summed E-state index contributed by atoms with van der Waals surface area (Å²) in [5.74, 6) is -1.67. The van der Waals surface area contributed by atoms with Crippen LogP contribution in [0, 0.1) is 11.8 Å². The largest absolute Gasteiger partial charge is 0.493 e. The third-order valence-electron chi connectivity index (χ3n) is 5.25. The third-order valence-corrected chi connectivity index (χ3v) is 5.25. The van der Waals surface area contributed by atoms with Gasteiger partial charge in [0.25, 0.3) is 5.91 Å². The van der Waals surface area contributed by atoms with Crippen LogP contribution in [0.5, 0.6) is 11.5 Å². The molecule has 0 aromatic heterocycles. The average molecular weight is 404 g/mol. The van der Waals surface area contributed by atoms with Crippen molar-refractivity contribution in [2.75, 3.05) is 32.7 Å². The Balaban J connectivity index is 1.50. The highest BCUT2D eigenvalue weighted by atomic mass is 16.5. The monoisotopic (exact) mass is 404 g/mol. The number of hydrogen-bond donors (Lipinski definition) is 1. The molecule has 3 rings (SSSR count). The first-order valence-corrected chi connectivity index (χ1v) is 9.47. The molecule has 9 heteroatoms. The number of carbonyl (C=O) groups excluding carboxylic acids is 4. The number of imide groups is 1. The quantitative estimate of drug-likeness (QED) is 0.539. The zero-order valence-electron chi connectivity index (χ0n) is 16.4. The molecule has 1 N–H and O–H groups in total. The molecule has 2 atom stereocenters. The second-order valence-corrected chi connectivity index (χ2v) is 7.04. The van der Waals surface area contributed by atoms with Gasteiger partial charge < -0.3 is 19.5 Å². The molecular weight excluding hydrogens is 380 g/mol. The molecule has 9 nitrogen and oxygen atoms in total. The van der Waals surface area contributed by atoms with Gasteiger partial charge in [-0.2, -0.15) is 0 Å². The van der Waals surface area contributed by atoms with Gasteiger partial charge >= 0.3 is 5.97 Å². The maximum absolute atomic E-state index is 12.4. The fourth-order valence-electron chi connectivity index (χ4n) is 3.82. The van der Waals surface area contributed by atoms with Crippen LogP contribution in [0.4, 0.5) is 5.69 Å². The summed E-state index contributed by atoms with van der Waals surface area (Å²) < 4.78 is 15.2. The molecule has 0 spiro atoms. The minimum absolute atomic E-state index is 0.313. The molecule has 1 saturated heterocycles. The Morgan fingerprint density at radius 2 is 1.66 bits per heavy atom. The Hall–Kier alpha value is -3.10. The van der Waals surface area contributed by atoms with Crippen molar-refractivity contribution in [1.29, 1.82) is 0 Å². The van der Waals surface area contributed by atoms with Crippen LogP contribution in [0.1, 0.15) is 25.7 Å². The van der Waals surface area contributed by atoms with E-state index in [1.807, 2.05) is 0 Å². The second-order valence-electron chi connectivity index (χ2n) is 7.04. The summed E-state index contributed by atoms with van der Waals surface area (Å²) in [4.78, 5) is 49.8. The Labute approximate surface area is 168 Å². The highest BCUT2D eigenvalue weighted by Crippen LogP contribution is 2.37. The number of methoxy groups -OCH3 is 2. The van der Waals surface area contributed by atoms with Gasteiger partial charge in [0, 0.05) is 11.8 Å². The lowest BCUT2D eigenvalue weighted by atomic mass is 9.81. The molecule has 0 bridgehead atoms. The van der Waals surface area contributed by atoms with Crippen molar-refractivity contribution in [3.8, 4) is 11.5 Å². The van der Waals surface area contributed by atoms with Gasteiger partial charge in [0.05, 0.1) is 26.1 Å². The Bertz CT molecular complexity index is 799. The van der Waals surface area contributed by atoms with Crippen LogP contribution < -0.4 is 14.8 Å². The van der Waals surface area contributed by atoms with Gasteiger partial charge in [-0.15, -0.1) is 0 Å². The first kappa shape index (κ1) is 20.6. The van der Waals surface area contributed by atoms with E-state index in [2.05, 4.69) is 5.32 Å². The Kier molecular flexibility index (Phi) is 6.36. The van der Waals surface area contributed by atoms with E-state index in [0.717, 1.165) is 17.7 Å². The molecule has 1 saturated carbocycles. The van der Waals surface area contributed by atoms with Crippen LogP contribution >= 0.6 is 0 Å². The number of benzene rings is 1. The Morgan fingerprint density at radius 1 is 1.03 bits per heavy atom. The van der Waals surface area contributed by atoms with Gasteiger partial charge in [-0.05, 0) is 25.0 Å². The average Bonchev–Trinajstić information content (AvgIpc) is 2.97. The number of nitrogens with one attached hydrogen (secondary N) is 1. The van der Waals surface area contributed by atoms with E-state index in [4.69, 9.17) is 14.2 Å². The van der Waals surface area contributed by atoms with Gasteiger partial charge in [0.15, 0.2) is 18.1 Å². The number of likely N-dealkylation sites (tertiary alicyclic amines) is 1. The smallest absolute Gasteiger partial charge is 0.326 e. The topological polar surface area (TPSA) is 111 Å². The standard InChI is InChI=1S/C20H24N2O7/c1-27-15-8-7-12(9-16(15)28-2)21-17(23)11-29-18(24)10-22-19(25)13-5-3-4-6-14(13)20(22)26/h7-9,13-14H,3-6,10-11H2,1-2H3,(H,21,23)/t13-,14+. The molecule has 1 aliphatic heterocycles. The predicted molar refractivity (Wildman–Crippen MR) is 101 cm³/mol. The van der Waals surface area contributed by atoms with E-state index in [-0.39, 0.29) is 23.7 Å². The fraction of sp³-hybridized carbons (Fsp3) is 0.500. The van der Waals surface area contributed by atoms with Crippen LogP contribution in [0.3, 0.4) is 0 Å². The zero-order valence-corrected chi connectivity index (χ0v) is 16.4. The summed E-state index contributed by atoms with van der Waals surface area (Å²) in [5.41, 5.74) is 0.442. The minimum atomic E-state index is -0.798. The van der Waals surface area contributed by atoms with Crippen molar-refractivity contribution >= 4 is 29.4 Å². The fourth-order valence-corrected chi connectivity index (χ4v) is 3.82. The maximum atomic E-state index is 12.4. The Morgan fingerprint density at radius 3 is 2.24 bits per heavy atom. The van der Waals surface area contributed by atoms with Crippen LogP contribution in [0.2, 0.25) is 0 Å². The van der Waals surface area contributed by atoms with E-state index in [1.54, 1.807) is 18.2 Å². The maximum Gasteiger partial charge on any atom is 0.326 e. The third kappa shape index (κ3) is 4.49. The number of rotatable bonds is 7. The molecule has 1 aromatic carbocycles. The summed E-state index contributed by atoms with van der Waals surface area (Å²) >= 11 is 0. The van der Waals surface area contributed by atoms with E-state index in [9.17, 15) is 19.2 Å². The SMILES string of the molecule is COc1ccc(NC(=O)COC(=O)CN2C(=O)[C@H]3CCCC[C@H]3C2=O)cc1OC. The summed E-state index contributed by atoms with van der Waals surface area (Å²) in [6, 6.07) is 4.82. The van der Waals surface area contributed by atoms with Gasteiger partial charge in [-0.1, -0.05) is 12.8 Å². The highest BCUT2D eigenvalue weighted by Gasteiger charge is 2.48. The molecular formula is C20H24N2O7. The molecule has 1 heterocycles. The second kappa shape index (κ2) is 8.93.